The molecule has 74 valence electrons. The zero-order valence-corrected chi connectivity index (χ0v) is 8.86. The summed E-state index contributed by atoms with van der Waals surface area (Å²) in [7, 11) is 0. The average Bonchev–Trinajstić information content (AvgIpc) is 2.06. The standard InChI is InChI=1S/C11H15N3/c1-11(2,3)7-9-10(8-12-4)14-6-5-13-9/h5-8H,4H2,1-3H3/b9-7+,10-8+. The molecule has 0 saturated heterocycles. The van der Waals surface area contributed by atoms with E-state index in [2.05, 4.69) is 48.5 Å². The topological polar surface area (TPSA) is 38.1 Å². The van der Waals surface area contributed by atoms with Crippen molar-refractivity contribution in [1.29, 1.82) is 0 Å². The fraction of sp³-hybridized carbons (Fsp3) is 0.364. The number of aromatic nitrogens is 2. The third-order valence-electron chi connectivity index (χ3n) is 1.54. The molecule has 3 heteroatoms. The van der Waals surface area contributed by atoms with Gasteiger partial charge in [0.25, 0.3) is 0 Å². The Kier molecular flexibility index (Phi) is 3.12. The van der Waals surface area contributed by atoms with Crippen molar-refractivity contribution in [3.63, 3.8) is 0 Å². The van der Waals surface area contributed by atoms with Crippen LogP contribution in [0.25, 0.3) is 12.3 Å². The molecular formula is C11H15N3. The Bertz CT molecular complexity index is 427. The lowest BCUT2D eigenvalue weighted by molar-refractivity contribution is 0.582. The molecule has 0 N–H and O–H groups in total. The number of nitrogens with zero attached hydrogens (tertiary/aromatic N) is 3. The molecule has 0 atom stereocenters. The van der Waals surface area contributed by atoms with E-state index in [-0.39, 0.29) is 5.41 Å². The first kappa shape index (κ1) is 10.6. The molecule has 3 nitrogen and oxygen atoms in total. The summed E-state index contributed by atoms with van der Waals surface area (Å²) in [6.07, 6.45) is 7.01. The smallest absolute Gasteiger partial charge is 0.107 e. The van der Waals surface area contributed by atoms with Crippen LogP contribution in [0.1, 0.15) is 20.8 Å². The van der Waals surface area contributed by atoms with Gasteiger partial charge in [-0.25, -0.2) is 0 Å². The highest BCUT2D eigenvalue weighted by atomic mass is 14.8. The van der Waals surface area contributed by atoms with E-state index in [9.17, 15) is 0 Å². The largest absolute Gasteiger partial charge is 0.270 e. The van der Waals surface area contributed by atoms with Gasteiger partial charge in [0.15, 0.2) is 0 Å². The fourth-order valence-corrected chi connectivity index (χ4v) is 1.07. The summed E-state index contributed by atoms with van der Waals surface area (Å²) in [4.78, 5) is 12.1. The van der Waals surface area contributed by atoms with E-state index in [1.54, 1.807) is 18.6 Å². The molecule has 0 fully saturated rings. The van der Waals surface area contributed by atoms with Crippen LogP contribution in [0, 0.1) is 5.41 Å². The van der Waals surface area contributed by atoms with Crippen molar-refractivity contribution in [3.8, 4) is 0 Å². The summed E-state index contributed by atoms with van der Waals surface area (Å²) >= 11 is 0. The molecule has 1 aromatic heterocycles. The Labute approximate surface area is 83.9 Å². The van der Waals surface area contributed by atoms with Gasteiger partial charge in [-0.1, -0.05) is 26.8 Å². The molecule has 0 bridgehead atoms. The molecule has 1 aromatic rings. The summed E-state index contributed by atoms with van der Waals surface area (Å²) in [5.41, 5.74) is 0.0831. The zero-order valence-electron chi connectivity index (χ0n) is 8.86. The second-order valence-electron chi connectivity index (χ2n) is 4.15. The van der Waals surface area contributed by atoms with E-state index >= 15 is 0 Å². The van der Waals surface area contributed by atoms with Crippen LogP contribution in [0.4, 0.5) is 0 Å². The van der Waals surface area contributed by atoms with Crippen molar-refractivity contribution in [3.05, 3.63) is 23.1 Å². The Morgan fingerprint density at radius 3 is 2.29 bits per heavy atom. The molecule has 0 aliphatic carbocycles. The Morgan fingerprint density at radius 2 is 1.79 bits per heavy atom. The zero-order chi connectivity index (χ0) is 10.6. The van der Waals surface area contributed by atoms with Crippen LogP contribution in [0.3, 0.4) is 0 Å². The molecule has 0 aromatic carbocycles. The molecule has 0 aliphatic heterocycles. The average molecular weight is 189 g/mol. The lowest BCUT2D eigenvalue weighted by Crippen LogP contribution is -2.32. The first-order valence-electron chi connectivity index (χ1n) is 4.49. The monoisotopic (exact) mass is 189 g/mol. The predicted octanol–water partition coefficient (Wildman–Crippen LogP) is 0.742. The second-order valence-corrected chi connectivity index (χ2v) is 4.15. The molecule has 0 unspecified atom stereocenters. The van der Waals surface area contributed by atoms with Crippen molar-refractivity contribution in [2.75, 3.05) is 0 Å². The van der Waals surface area contributed by atoms with Gasteiger partial charge in [0, 0.05) is 12.4 Å². The molecule has 1 heterocycles. The highest BCUT2D eigenvalue weighted by Crippen LogP contribution is 2.13. The molecule has 0 aliphatic rings. The van der Waals surface area contributed by atoms with Gasteiger partial charge in [-0.2, -0.15) is 0 Å². The minimum absolute atomic E-state index is 0.0831. The van der Waals surface area contributed by atoms with Crippen LogP contribution in [-0.4, -0.2) is 16.7 Å². The number of rotatable bonds is 1. The molecular weight excluding hydrogens is 174 g/mol. The molecule has 0 radical (unpaired) electrons. The summed E-state index contributed by atoms with van der Waals surface area (Å²) in [5.74, 6) is 0. The predicted molar refractivity (Wildman–Crippen MR) is 59.2 cm³/mol. The van der Waals surface area contributed by atoms with Crippen molar-refractivity contribution in [2.24, 2.45) is 10.4 Å². The van der Waals surface area contributed by atoms with E-state index < -0.39 is 0 Å². The second kappa shape index (κ2) is 4.13. The lowest BCUT2D eigenvalue weighted by atomic mass is 9.96. The van der Waals surface area contributed by atoms with Gasteiger partial charge in [-0.05, 0) is 12.1 Å². The first-order chi connectivity index (χ1) is 6.53. The first-order valence-corrected chi connectivity index (χ1v) is 4.49. The van der Waals surface area contributed by atoms with E-state index in [1.165, 1.54) is 0 Å². The van der Waals surface area contributed by atoms with Crippen molar-refractivity contribution in [2.45, 2.75) is 20.8 Å². The van der Waals surface area contributed by atoms with Crippen molar-refractivity contribution < 1.29 is 0 Å². The maximum Gasteiger partial charge on any atom is 0.107 e. The molecule has 1 rings (SSSR count). The molecule has 0 saturated carbocycles. The van der Waals surface area contributed by atoms with Gasteiger partial charge < -0.3 is 0 Å². The van der Waals surface area contributed by atoms with Crippen LogP contribution >= 0.6 is 0 Å². The fourth-order valence-electron chi connectivity index (χ4n) is 1.07. The number of hydrogen-bond acceptors (Lipinski definition) is 3. The number of hydrogen-bond donors (Lipinski definition) is 0. The van der Waals surface area contributed by atoms with Gasteiger partial charge in [0.1, 0.15) is 5.35 Å². The minimum atomic E-state index is 0.0831. The van der Waals surface area contributed by atoms with E-state index in [4.69, 9.17) is 0 Å². The van der Waals surface area contributed by atoms with Gasteiger partial charge in [0.2, 0.25) is 0 Å². The maximum absolute atomic E-state index is 4.25. The highest BCUT2D eigenvalue weighted by Gasteiger charge is 2.04. The van der Waals surface area contributed by atoms with Crippen LogP contribution in [0.15, 0.2) is 17.4 Å². The Morgan fingerprint density at radius 1 is 1.21 bits per heavy atom. The SMILES string of the molecule is C=N/C=c1/nccn/c1=C/C(C)(C)C. The third kappa shape index (κ3) is 3.09. The van der Waals surface area contributed by atoms with E-state index in [1.807, 2.05) is 0 Å². The van der Waals surface area contributed by atoms with E-state index in [0.717, 1.165) is 10.7 Å². The molecule has 14 heavy (non-hydrogen) atoms. The molecule has 0 amide bonds. The van der Waals surface area contributed by atoms with Crippen LogP contribution < -0.4 is 10.7 Å². The lowest BCUT2D eigenvalue weighted by Gasteiger charge is -2.10. The summed E-state index contributed by atoms with van der Waals surface area (Å²) in [6.45, 7) is 9.76. The van der Waals surface area contributed by atoms with Crippen molar-refractivity contribution >= 4 is 19.0 Å². The van der Waals surface area contributed by atoms with Gasteiger partial charge in [0.05, 0.1) is 11.5 Å². The highest BCUT2D eigenvalue weighted by molar-refractivity contribution is 5.36. The van der Waals surface area contributed by atoms with Crippen LogP contribution in [0.5, 0.6) is 0 Å². The van der Waals surface area contributed by atoms with Gasteiger partial charge in [-0.15, -0.1) is 0 Å². The Balaban J connectivity index is 3.42. The normalized spacial score (nSPS) is 14.5. The summed E-state index contributed by atoms with van der Waals surface area (Å²) in [5, 5.41) is 1.62. The van der Waals surface area contributed by atoms with E-state index in [0.29, 0.717) is 0 Å². The van der Waals surface area contributed by atoms with Crippen molar-refractivity contribution in [1.82, 2.24) is 9.97 Å². The maximum atomic E-state index is 4.25. The van der Waals surface area contributed by atoms with Gasteiger partial charge >= 0.3 is 0 Å². The number of aliphatic imine (C=N–C) groups is 1. The van der Waals surface area contributed by atoms with Gasteiger partial charge in [-0.3, -0.25) is 15.0 Å². The summed E-state index contributed by atoms with van der Waals surface area (Å²) in [6, 6.07) is 0. The Hall–Kier alpha value is -1.51. The van der Waals surface area contributed by atoms with Crippen LogP contribution in [0.2, 0.25) is 0 Å². The summed E-state index contributed by atoms with van der Waals surface area (Å²) < 4.78 is 0. The van der Waals surface area contributed by atoms with Crippen LogP contribution in [-0.2, 0) is 0 Å². The quantitative estimate of drug-likeness (QED) is 0.611. The molecule has 0 spiro atoms. The third-order valence-corrected chi connectivity index (χ3v) is 1.54. The minimum Gasteiger partial charge on any atom is -0.270 e.